The Labute approximate surface area is 125 Å². The Morgan fingerprint density at radius 2 is 1.67 bits per heavy atom. The molecule has 2 rings (SSSR count). The molecule has 0 aliphatic rings. The Hall–Kier alpha value is -1.71. The smallest absolute Gasteiger partial charge is 0.123 e. The molecule has 112 valence electrons. The molecule has 3 heteroatoms. The summed E-state index contributed by atoms with van der Waals surface area (Å²) in [5.74, 6) is -0.228. The van der Waals surface area contributed by atoms with E-state index in [0.29, 0.717) is 6.54 Å². The second kappa shape index (κ2) is 6.83. The highest BCUT2D eigenvalue weighted by molar-refractivity contribution is 5.22. The molecule has 0 spiro atoms. The molecule has 0 radical (unpaired) electrons. The lowest BCUT2D eigenvalue weighted by molar-refractivity contribution is 0.114. The summed E-state index contributed by atoms with van der Waals surface area (Å²) in [6.07, 6.45) is 0. The van der Waals surface area contributed by atoms with Crippen LogP contribution in [0.3, 0.4) is 0 Å². The lowest BCUT2D eigenvalue weighted by Gasteiger charge is -2.34. The van der Waals surface area contributed by atoms with Crippen molar-refractivity contribution < 1.29 is 9.50 Å². The third kappa shape index (κ3) is 4.13. The number of nitrogens with one attached hydrogen (secondary N) is 1. The summed E-state index contributed by atoms with van der Waals surface area (Å²) in [7, 11) is 0. The summed E-state index contributed by atoms with van der Waals surface area (Å²) < 4.78 is 12.9. The van der Waals surface area contributed by atoms with Crippen molar-refractivity contribution in [2.24, 2.45) is 5.41 Å². The average molecular weight is 287 g/mol. The van der Waals surface area contributed by atoms with Crippen LogP contribution >= 0.6 is 0 Å². The predicted molar refractivity (Wildman–Crippen MR) is 83.3 cm³/mol. The maximum absolute atomic E-state index is 12.9. The van der Waals surface area contributed by atoms with Crippen LogP contribution in [0.4, 0.5) is 4.39 Å². The van der Waals surface area contributed by atoms with Crippen LogP contribution in [0, 0.1) is 11.2 Å². The van der Waals surface area contributed by atoms with E-state index >= 15 is 0 Å². The van der Waals surface area contributed by atoms with Gasteiger partial charge in [-0.05, 0) is 23.3 Å². The van der Waals surface area contributed by atoms with Crippen LogP contribution in [0.15, 0.2) is 54.6 Å². The van der Waals surface area contributed by atoms with Crippen LogP contribution in [0.1, 0.15) is 31.0 Å². The summed E-state index contributed by atoms with van der Waals surface area (Å²) in [5.41, 5.74) is 1.87. The van der Waals surface area contributed by atoms with Gasteiger partial charge in [-0.1, -0.05) is 56.3 Å². The van der Waals surface area contributed by atoms with Crippen molar-refractivity contribution in [3.63, 3.8) is 0 Å². The van der Waals surface area contributed by atoms with E-state index in [-0.39, 0.29) is 23.9 Å². The number of halogens is 1. The highest BCUT2D eigenvalue weighted by Gasteiger charge is 2.29. The Bertz CT molecular complexity index is 551. The first-order chi connectivity index (χ1) is 10.0. The van der Waals surface area contributed by atoms with Gasteiger partial charge in [0.05, 0.1) is 0 Å². The zero-order chi connectivity index (χ0) is 15.3. The molecule has 2 aromatic rings. The number of aliphatic hydroxyl groups excluding tert-OH is 1. The van der Waals surface area contributed by atoms with Crippen molar-refractivity contribution in [3.8, 4) is 0 Å². The molecule has 0 fully saturated rings. The van der Waals surface area contributed by atoms with Crippen molar-refractivity contribution in [1.29, 1.82) is 0 Å². The standard InChI is InChI=1S/C18H22FNO/c1-18(2,13-21)17(15-6-4-3-5-7-15)20-12-14-8-10-16(19)11-9-14/h3-11,17,20-21H,12-13H2,1-2H3/t17-/m1/s1. The number of aliphatic hydroxyl groups is 1. The average Bonchev–Trinajstić information content (AvgIpc) is 2.50. The van der Waals surface area contributed by atoms with Crippen molar-refractivity contribution in [3.05, 3.63) is 71.5 Å². The minimum atomic E-state index is -0.290. The highest BCUT2D eigenvalue weighted by atomic mass is 19.1. The van der Waals surface area contributed by atoms with Gasteiger partial charge in [-0.25, -0.2) is 4.39 Å². The molecule has 0 heterocycles. The molecule has 0 amide bonds. The van der Waals surface area contributed by atoms with E-state index in [1.807, 2.05) is 32.0 Å². The number of hydrogen-bond donors (Lipinski definition) is 2. The van der Waals surface area contributed by atoms with Crippen LogP contribution < -0.4 is 5.32 Å². The third-order valence-corrected chi connectivity index (χ3v) is 3.75. The summed E-state index contributed by atoms with van der Waals surface area (Å²) >= 11 is 0. The molecular weight excluding hydrogens is 265 g/mol. The summed E-state index contributed by atoms with van der Waals surface area (Å²) in [4.78, 5) is 0. The van der Waals surface area contributed by atoms with E-state index in [9.17, 15) is 9.50 Å². The van der Waals surface area contributed by atoms with Gasteiger partial charge in [0.1, 0.15) is 5.82 Å². The SMILES string of the molecule is CC(C)(CO)[C@H](NCc1ccc(F)cc1)c1ccccc1. The fraction of sp³-hybridized carbons (Fsp3) is 0.333. The second-order valence-electron chi connectivity index (χ2n) is 6.00. The lowest BCUT2D eigenvalue weighted by atomic mass is 9.81. The van der Waals surface area contributed by atoms with Crippen molar-refractivity contribution >= 4 is 0 Å². The zero-order valence-electron chi connectivity index (χ0n) is 12.5. The molecule has 0 unspecified atom stereocenters. The van der Waals surface area contributed by atoms with Crippen molar-refractivity contribution in [2.45, 2.75) is 26.4 Å². The molecule has 0 aliphatic carbocycles. The van der Waals surface area contributed by atoms with E-state index in [1.165, 1.54) is 12.1 Å². The topological polar surface area (TPSA) is 32.3 Å². The van der Waals surface area contributed by atoms with Gasteiger partial charge in [-0.15, -0.1) is 0 Å². The van der Waals surface area contributed by atoms with Gasteiger partial charge in [0, 0.05) is 24.6 Å². The highest BCUT2D eigenvalue weighted by Crippen LogP contribution is 2.33. The van der Waals surface area contributed by atoms with Gasteiger partial charge < -0.3 is 10.4 Å². The van der Waals surface area contributed by atoms with Crippen molar-refractivity contribution in [1.82, 2.24) is 5.32 Å². The van der Waals surface area contributed by atoms with Gasteiger partial charge in [-0.3, -0.25) is 0 Å². The number of rotatable bonds is 6. The third-order valence-electron chi connectivity index (χ3n) is 3.75. The van der Waals surface area contributed by atoms with Gasteiger partial charge in [0.15, 0.2) is 0 Å². The van der Waals surface area contributed by atoms with Crippen LogP contribution in [0.5, 0.6) is 0 Å². The van der Waals surface area contributed by atoms with E-state index < -0.39 is 0 Å². The first-order valence-electron chi connectivity index (χ1n) is 7.16. The Morgan fingerprint density at radius 3 is 2.24 bits per heavy atom. The summed E-state index contributed by atoms with van der Waals surface area (Å²) in [6.45, 7) is 4.77. The first-order valence-corrected chi connectivity index (χ1v) is 7.16. The Kier molecular flexibility index (Phi) is 5.10. The fourth-order valence-electron chi connectivity index (χ4n) is 2.40. The van der Waals surface area contributed by atoms with Gasteiger partial charge in [-0.2, -0.15) is 0 Å². The zero-order valence-corrected chi connectivity index (χ0v) is 12.5. The molecular formula is C18H22FNO. The van der Waals surface area contributed by atoms with Crippen LogP contribution in [0.25, 0.3) is 0 Å². The van der Waals surface area contributed by atoms with E-state index in [0.717, 1.165) is 11.1 Å². The molecule has 0 saturated heterocycles. The van der Waals surface area contributed by atoms with Crippen molar-refractivity contribution in [2.75, 3.05) is 6.61 Å². The molecule has 2 nitrogen and oxygen atoms in total. The number of hydrogen-bond acceptors (Lipinski definition) is 2. The molecule has 2 aromatic carbocycles. The number of benzene rings is 2. The van der Waals surface area contributed by atoms with Gasteiger partial charge >= 0.3 is 0 Å². The fourth-order valence-corrected chi connectivity index (χ4v) is 2.40. The lowest BCUT2D eigenvalue weighted by Crippen LogP contribution is -2.36. The van der Waals surface area contributed by atoms with E-state index in [4.69, 9.17) is 0 Å². The van der Waals surface area contributed by atoms with Gasteiger partial charge in [0.25, 0.3) is 0 Å². The molecule has 21 heavy (non-hydrogen) atoms. The minimum Gasteiger partial charge on any atom is -0.396 e. The maximum Gasteiger partial charge on any atom is 0.123 e. The van der Waals surface area contributed by atoms with E-state index in [2.05, 4.69) is 17.4 Å². The molecule has 0 bridgehead atoms. The maximum atomic E-state index is 12.9. The quantitative estimate of drug-likeness (QED) is 0.849. The van der Waals surface area contributed by atoms with Crippen LogP contribution in [0.2, 0.25) is 0 Å². The second-order valence-corrected chi connectivity index (χ2v) is 6.00. The largest absolute Gasteiger partial charge is 0.396 e. The normalized spacial score (nSPS) is 13.1. The predicted octanol–water partition coefficient (Wildman–Crippen LogP) is 3.68. The first kappa shape index (κ1) is 15.7. The Morgan fingerprint density at radius 1 is 1.05 bits per heavy atom. The van der Waals surface area contributed by atoms with Crippen LogP contribution in [-0.4, -0.2) is 11.7 Å². The van der Waals surface area contributed by atoms with E-state index in [1.54, 1.807) is 12.1 Å². The monoisotopic (exact) mass is 287 g/mol. The summed E-state index contributed by atoms with van der Waals surface area (Å²) in [5, 5.41) is 13.2. The van der Waals surface area contributed by atoms with Gasteiger partial charge in [0.2, 0.25) is 0 Å². The molecule has 0 aromatic heterocycles. The Balaban J connectivity index is 2.15. The van der Waals surface area contributed by atoms with Crippen LogP contribution in [-0.2, 0) is 6.54 Å². The molecule has 1 atom stereocenters. The summed E-state index contributed by atoms with van der Waals surface area (Å²) in [6, 6.07) is 16.6. The minimum absolute atomic E-state index is 0.0220. The molecule has 2 N–H and O–H groups in total. The molecule has 0 saturated carbocycles. The molecule has 0 aliphatic heterocycles.